The summed E-state index contributed by atoms with van der Waals surface area (Å²) in [5.41, 5.74) is 2.90. The molecule has 2 aromatic rings. The zero-order valence-electron chi connectivity index (χ0n) is 8.68. The van der Waals surface area contributed by atoms with Crippen LogP contribution in [0.25, 0.3) is 0 Å². The fraction of sp³-hybridized carbons (Fsp3) is 0.231. The van der Waals surface area contributed by atoms with Gasteiger partial charge in [0.1, 0.15) is 0 Å². The van der Waals surface area contributed by atoms with E-state index in [0.29, 0.717) is 0 Å². The molecule has 14 heavy (non-hydrogen) atoms. The summed E-state index contributed by atoms with van der Waals surface area (Å²) in [6, 6.07) is 16.4. The fourth-order valence-electron chi connectivity index (χ4n) is 1.26. The molecule has 0 radical (unpaired) electrons. The molecule has 0 amide bonds. The van der Waals surface area contributed by atoms with Crippen molar-refractivity contribution in [3.8, 4) is 0 Å². The van der Waals surface area contributed by atoms with Gasteiger partial charge in [-0.3, -0.25) is 0 Å². The van der Waals surface area contributed by atoms with Gasteiger partial charge in [0, 0.05) is 19.5 Å². The van der Waals surface area contributed by atoms with Crippen molar-refractivity contribution in [2.75, 3.05) is 0 Å². The molecule has 2 rings (SSSR count). The van der Waals surface area contributed by atoms with Gasteiger partial charge in [0.25, 0.3) is 0 Å². The van der Waals surface area contributed by atoms with Crippen molar-refractivity contribution in [2.45, 2.75) is 20.3 Å². The molecular weight excluding hydrogens is 257 g/mol. The van der Waals surface area contributed by atoms with Crippen LogP contribution in [-0.4, -0.2) is 0 Å². The molecular formula is C13H16Ru-6. The topological polar surface area (TPSA) is 0 Å². The second kappa shape index (κ2) is 7.70. The summed E-state index contributed by atoms with van der Waals surface area (Å²) in [4.78, 5) is 0. The van der Waals surface area contributed by atoms with E-state index in [4.69, 9.17) is 0 Å². The summed E-state index contributed by atoms with van der Waals surface area (Å²) >= 11 is 0. The van der Waals surface area contributed by atoms with Crippen LogP contribution in [0.5, 0.6) is 0 Å². The van der Waals surface area contributed by atoms with E-state index in [1.165, 1.54) is 17.5 Å². The van der Waals surface area contributed by atoms with Crippen molar-refractivity contribution in [3.05, 3.63) is 59.7 Å². The van der Waals surface area contributed by atoms with Gasteiger partial charge in [-0.25, -0.2) is 12.1 Å². The molecule has 82 valence electrons. The zero-order chi connectivity index (χ0) is 9.52. The first-order chi connectivity index (χ1) is 6.34. The number of hydrogen-bond donors (Lipinski definition) is 0. The first-order valence-corrected chi connectivity index (χ1v) is 4.72. The molecule has 0 N–H and O–H groups in total. The van der Waals surface area contributed by atoms with E-state index < -0.39 is 0 Å². The Labute approximate surface area is 99.5 Å². The third kappa shape index (κ3) is 4.53. The maximum absolute atomic E-state index is 2.18. The Morgan fingerprint density at radius 3 is 1.86 bits per heavy atom. The van der Waals surface area contributed by atoms with Crippen molar-refractivity contribution in [2.24, 2.45) is 0 Å². The van der Waals surface area contributed by atoms with Crippen LogP contribution in [-0.2, 0) is 25.9 Å². The fourth-order valence-corrected chi connectivity index (χ4v) is 1.26. The van der Waals surface area contributed by atoms with Crippen molar-refractivity contribution in [1.82, 2.24) is 0 Å². The molecule has 0 heterocycles. The summed E-state index contributed by atoms with van der Waals surface area (Å²) in [6.07, 6.45) is 1.17. The van der Waals surface area contributed by atoms with E-state index in [-0.39, 0.29) is 19.5 Å². The molecule has 0 saturated carbocycles. The molecule has 2 aromatic carbocycles. The molecule has 0 bridgehead atoms. The Hall–Kier alpha value is -0.677. The van der Waals surface area contributed by atoms with Gasteiger partial charge in [-0.05, 0) is 0 Å². The van der Waals surface area contributed by atoms with E-state index in [9.17, 15) is 0 Å². The number of rotatable bonds is 1. The maximum Gasteiger partial charge on any atom is 0 e. The molecule has 1 heteroatoms. The van der Waals surface area contributed by atoms with Gasteiger partial charge in [0.2, 0.25) is 0 Å². The van der Waals surface area contributed by atoms with Crippen LogP contribution < -0.4 is 0 Å². The van der Waals surface area contributed by atoms with Crippen LogP contribution in [0, 0.1) is 6.92 Å². The van der Waals surface area contributed by atoms with Gasteiger partial charge >= 0.3 is 0 Å². The second-order valence-corrected chi connectivity index (χ2v) is 3.05. The molecule has 0 nitrogen and oxygen atoms in total. The smallest absolute Gasteiger partial charge is 0 e. The van der Waals surface area contributed by atoms with E-state index >= 15 is 0 Å². The molecule has 0 aliphatic rings. The van der Waals surface area contributed by atoms with Crippen LogP contribution in [0.15, 0.2) is 48.5 Å². The standard InChI is InChI=1S/C8H11.C5H5.Ru/c1-3-8-6-4-5-7(8)2;1-2-4-5-3-1;/h4-6H,3H2,1-2H3;1-5H;/q-1;-5;. The molecule has 0 spiro atoms. The first kappa shape index (κ1) is 13.3. The van der Waals surface area contributed by atoms with Crippen molar-refractivity contribution in [1.29, 1.82) is 0 Å². The minimum absolute atomic E-state index is 0. The Kier molecular flexibility index (Phi) is 7.33. The van der Waals surface area contributed by atoms with Crippen molar-refractivity contribution < 1.29 is 19.5 Å². The van der Waals surface area contributed by atoms with Gasteiger partial charge in [-0.15, -0.1) is 0 Å². The van der Waals surface area contributed by atoms with Gasteiger partial charge < -0.3 is 30.3 Å². The summed E-state index contributed by atoms with van der Waals surface area (Å²) in [6.45, 7) is 4.33. The van der Waals surface area contributed by atoms with Crippen molar-refractivity contribution >= 4 is 0 Å². The van der Waals surface area contributed by atoms with Gasteiger partial charge in [-0.1, -0.05) is 20.3 Å². The van der Waals surface area contributed by atoms with Crippen LogP contribution in [0.2, 0.25) is 0 Å². The summed E-state index contributed by atoms with van der Waals surface area (Å²) < 4.78 is 0. The molecule has 0 saturated heterocycles. The summed E-state index contributed by atoms with van der Waals surface area (Å²) in [5.74, 6) is 0. The Morgan fingerprint density at radius 1 is 1.14 bits per heavy atom. The predicted molar refractivity (Wildman–Crippen MR) is 58.2 cm³/mol. The summed E-state index contributed by atoms with van der Waals surface area (Å²) in [5, 5.41) is 0. The van der Waals surface area contributed by atoms with E-state index in [1.54, 1.807) is 0 Å². The largest absolute Gasteiger partial charge is 0.748 e. The minimum Gasteiger partial charge on any atom is -0.748 e. The van der Waals surface area contributed by atoms with Gasteiger partial charge in [-0.2, -0.15) is 17.2 Å². The average molecular weight is 273 g/mol. The van der Waals surface area contributed by atoms with E-state index in [2.05, 4.69) is 32.0 Å². The maximum atomic E-state index is 2.18. The quantitative estimate of drug-likeness (QED) is 0.549. The van der Waals surface area contributed by atoms with Crippen LogP contribution in [0.3, 0.4) is 0 Å². The normalized spacial score (nSPS) is 8.43. The molecule has 0 fully saturated rings. The molecule has 0 atom stereocenters. The average Bonchev–Trinajstić information content (AvgIpc) is 2.76. The molecule has 0 aliphatic heterocycles. The van der Waals surface area contributed by atoms with E-state index in [1.807, 2.05) is 30.3 Å². The molecule has 0 aromatic heterocycles. The summed E-state index contributed by atoms with van der Waals surface area (Å²) in [7, 11) is 0. The van der Waals surface area contributed by atoms with Crippen molar-refractivity contribution in [3.63, 3.8) is 0 Å². The number of hydrogen-bond acceptors (Lipinski definition) is 0. The Morgan fingerprint density at radius 2 is 1.64 bits per heavy atom. The SMILES string of the molecule is CC[c-]1cccc1C.[Ru].[cH-]1[cH-][cH-][cH-][cH-]1. The third-order valence-electron chi connectivity index (χ3n) is 2.09. The molecule has 0 aliphatic carbocycles. The van der Waals surface area contributed by atoms with Crippen LogP contribution in [0.1, 0.15) is 18.1 Å². The third-order valence-corrected chi connectivity index (χ3v) is 2.09. The zero-order valence-corrected chi connectivity index (χ0v) is 10.4. The second-order valence-electron chi connectivity index (χ2n) is 3.05. The van der Waals surface area contributed by atoms with Gasteiger partial charge in [0.05, 0.1) is 0 Å². The first-order valence-electron chi connectivity index (χ1n) is 4.72. The predicted octanol–water partition coefficient (Wildman–Crippen LogP) is 3.68. The van der Waals surface area contributed by atoms with Crippen LogP contribution in [0.4, 0.5) is 0 Å². The van der Waals surface area contributed by atoms with Gasteiger partial charge in [0.15, 0.2) is 0 Å². The molecule has 0 unspecified atom stereocenters. The Balaban J connectivity index is 0.000000246. The minimum atomic E-state index is 0. The van der Waals surface area contributed by atoms with E-state index in [0.717, 1.165) is 0 Å². The number of aryl methyl sites for hydroxylation is 2. The van der Waals surface area contributed by atoms with Crippen LogP contribution >= 0.6 is 0 Å². The monoisotopic (exact) mass is 274 g/mol. The Bertz CT molecular complexity index is 286.